The van der Waals surface area contributed by atoms with E-state index in [2.05, 4.69) is 16.5 Å². The van der Waals surface area contributed by atoms with Crippen LogP contribution in [0.4, 0.5) is 0 Å². The van der Waals surface area contributed by atoms with Gasteiger partial charge in [0, 0.05) is 6.20 Å². The van der Waals surface area contributed by atoms with Crippen LogP contribution in [0.1, 0.15) is 31.8 Å². The summed E-state index contributed by atoms with van der Waals surface area (Å²) < 4.78 is 7.46. The van der Waals surface area contributed by atoms with Gasteiger partial charge in [0.2, 0.25) is 0 Å². The van der Waals surface area contributed by atoms with E-state index in [1.807, 2.05) is 32.2 Å². The Kier molecular flexibility index (Phi) is 2.92. The van der Waals surface area contributed by atoms with Gasteiger partial charge in [0.15, 0.2) is 0 Å². The summed E-state index contributed by atoms with van der Waals surface area (Å²) in [7, 11) is 0. The SMILES string of the molecule is CC(C)(N)c1nc(C2=CCOCC2)c2ccccn12. The normalized spacial score (nSPS) is 16.7. The number of nitrogens with zero attached hydrogens (tertiary/aromatic N) is 2. The molecule has 0 unspecified atom stereocenters. The molecule has 2 aromatic heterocycles. The van der Waals surface area contributed by atoms with Gasteiger partial charge in [-0.2, -0.15) is 0 Å². The number of ether oxygens (including phenoxy) is 1. The lowest BCUT2D eigenvalue weighted by Gasteiger charge is -2.16. The molecule has 2 aromatic rings. The van der Waals surface area contributed by atoms with Crippen LogP contribution in [0.15, 0.2) is 30.5 Å². The summed E-state index contributed by atoms with van der Waals surface area (Å²) >= 11 is 0. The summed E-state index contributed by atoms with van der Waals surface area (Å²) in [6.45, 7) is 5.40. The second kappa shape index (κ2) is 4.47. The second-order valence-corrected chi connectivity index (χ2v) is 5.52. The number of hydrogen-bond donors (Lipinski definition) is 1. The minimum Gasteiger partial charge on any atom is -0.377 e. The summed E-state index contributed by atoms with van der Waals surface area (Å²) in [6, 6.07) is 6.13. The van der Waals surface area contributed by atoms with E-state index in [4.69, 9.17) is 15.5 Å². The molecular weight excluding hydrogens is 238 g/mol. The van der Waals surface area contributed by atoms with Crippen molar-refractivity contribution in [3.63, 3.8) is 0 Å². The Balaban J connectivity index is 2.23. The molecule has 1 aliphatic rings. The summed E-state index contributed by atoms with van der Waals surface area (Å²) in [5.41, 5.74) is 9.18. The lowest BCUT2D eigenvalue weighted by molar-refractivity contribution is 0.161. The monoisotopic (exact) mass is 257 g/mol. The molecule has 0 aliphatic carbocycles. The molecule has 2 N–H and O–H groups in total. The van der Waals surface area contributed by atoms with Crippen LogP contribution in [-0.2, 0) is 10.3 Å². The number of hydrogen-bond acceptors (Lipinski definition) is 3. The number of pyridine rings is 1. The molecule has 0 saturated heterocycles. The summed E-state index contributed by atoms with van der Waals surface area (Å²) in [4.78, 5) is 4.80. The number of rotatable bonds is 2. The van der Waals surface area contributed by atoms with Gasteiger partial charge >= 0.3 is 0 Å². The van der Waals surface area contributed by atoms with Gasteiger partial charge in [-0.1, -0.05) is 12.1 Å². The van der Waals surface area contributed by atoms with Crippen LogP contribution in [0.5, 0.6) is 0 Å². The molecule has 1 aliphatic heterocycles. The first-order valence-electron chi connectivity index (χ1n) is 6.61. The zero-order valence-electron chi connectivity index (χ0n) is 11.4. The fraction of sp³-hybridized carbons (Fsp3) is 0.400. The fourth-order valence-corrected chi connectivity index (χ4v) is 2.47. The van der Waals surface area contributed by atoms with E-state index < -0.39 is 5.54 Å². The van der Waals surface area contributed by atoms with Crippen molar-refractivity contribution in [2.75, 3.05) is 13.2 Å². The van der Waals surface area contributed by atoms with E-state index >= 15 is 0 Å². The van der Waals surface area contributed by atoms with Gasteiger partial charge < -0.3 is 14.9 Å². The molecule has 0 spiro atoms. The molecule has 19 heavy (non-hydrogen) atoms. The van der Waals surface area contributed by atoms with Gasteiger partial charge in [-0.3, -0.25) is 0 Å². The first kappa shape index (κ1) is 12.4. The molecule has 0 amide bonds. The number of imidazole rings is 1. The van der Waals surface area contributed by atoms with Crippen molar-refractivity contribution in [1.82, 2.24) is 9.38 Å². The van der Waals surface area contributed by atoms with Crippen LogP contribution in [-0.4, -0.2) is 22.6 Å². The van der Waals surface area contributed by atoms with Crippen molar-refractivity contribution >= 4 is 11.1 Å². The van der Waals surface area contributed by atoms with Crippen LogP contribution in [0.2, 0.25) is 0 Å². The maximum absolute atomic E-state index is 6.24. The van der Waals surface area contributed by atoms with Gasteiger partial charge in [-0.25, -0.2) is 4.98 Å². The molecule has 0 atom stereocenters. The van der Waals surface area contributed by atoms with E-state index in [0.717, 1.165) is 30.1 Å². The highest BCUT2D eigenvalue weighted by atomic mass is 16.5. The molecule has 3 heterocycles. The summed E-state index contributed by atoms with van der Waals surface area (Å²) in [5, 5.41) is 0. The smallest absolute Gasteiger partial charge is 0.133 e. The third-order valence-electron chi connectivity index (χ3n) is 3.39. The van der Waals surface area contributed by atoms with Gasteiger partial charge in [0.1, 0.15) is 5.82 Å². The Labute approximate surface area is 112 Å². The fourth-order valence-electron chi connectivity index (χ4n) is 2.47. The molecule has 4 nitrogen and oxygen atoms in total. The third kappa shape index (κ3) is 2.17. The standard InChI is InChI=1S/C15H19N3O/c1-15(2,16)14-17-13(11-6-9-19-10-7-11)12-5-3-4-8-18(12)14/h3-6,8H,7,9-10,16H2,1-2H3. The van der Waals surface area contributed by atoms with Gasteiger partial charge in [-0.15, -0.1) is 0 Å². The maximum atomic E-state index is 6.24. The Morgan fingerprint density at radius 3 is 2.89 bits per heavy atom. The molecule has 0 fully saturated rings. The zero-order valence-corrected chi connectivity index (χ0v) is 11.4. The molecule has 0 aromatic carbocycles. The first-order valence-corrected chi connectivity index (χ1v) is 6.61. The van der Waals surface area contributed by atoms with Crippen LogP contribution < -0.4 is 5.73 Å². The van der Waals surface area contributed by atoms with Gasteiger partial charge in [-0.05, 0) is 38.0 Å². The predicted octanol–water partition coefficient (Wildman–Crippen LogP) is 2.33. The highest BCUT2D eigenvalue weighted by Crippen LogP contribution is 2.28. The lowest BCUT2D eigenvalue weighted by Crippen LogP contribution is -2.31. The van der Waals surface area contributed by atoms with Crippen molar-refractivity contribution < 1.29 is 4.74 Å². The predicted molar refractivity (Wildman–Crippen MR) is 75.8 cm³/mol. The Bertz CT molecular complexity index is 634. The molecule has 100 valence electrons. The average Bonchev–Trinajstić information content (AvgIpc) is 2.79. The Morgan fingerprint density at radius 2 is 2.21 bits per heavy atom. The van der Waals surface area contributed by atoms with E-state index in [-0.39, 0.29) is 0 Å². The molecule has 0 bridgehead atoms. The van der Waals surface area contributed by atoms with E-state index in [1.165, 1.54) is 5.57 Å². The van der Waals surface area contributed by atoms with E-state index in [1.54, 1.807) is 0 Å². The molecular formula is C15H19N3O. The van der Waals surface area contributed by atoms with Crippen molar-refractivity contribution in [3.05, 3.63) is 42.0 Å². The van der Waals surface area contributed by atoms with Crippen molar-refractivity contribution in [3.8, 4) is 0 Å². The quantitative estimate of drug-likeness (QED) is 0.898. The number of aromatic nitrogens is 2. The summed E-state index contributed by atoms with van der Waals surface area (Å²) in [5.74, 6) is 0.894. The Morgan fingerprint density at radius 1 is 1.37 bits per heavy atom. The number of fused-ring (bicyclic) bond motifs is 1. The maximum Gasteiger partial charge on any atom is 0.133 e. The Hall–Kier alpha value is -1.65. The van der Waals surface area contributed by atoms with Gasteiger partial charge in [0.05, 0.1) is 30.0 Å². The minimum atomic E-state index is -0.464. The first-order chi connectivity index (χ1) is 9.07. The molecule has 3 rings (SSSR count). The number of nitrogens with two attached hydrogens (primary N) is 1. The third-order valence-corrected chi connectivity index (χ3v) is 3.39. The van der Waals surface area contributed by atoms with Crippen LogP contribution in [0.25, 0.3) is 11.1 Å². The topological polar surface area (TPSA) is 52.5 Å². The minimum absolute atomic E-state index is 0.464. The highest BCUT2D eigenvalue weighted by molar-refractivity contribution is 5.76. The second-order valence-electron chi connectivity index (χ2n) is 5.52. The molecule has 0 radical (unpaired) electrons. The highest BCUT2D eigenvalue weighted by Gasteiger charge is 2.24. The van der Waals surface area contributed by atoms with Crippen LogP contribution in [0.3, 0.4) is 0 Å². The van der Waals surface area contributed by atoms with Crippen LogP contribution >= 0.6 is 0 Å². The van der Waals surface area contributed by atoms with Crippen molar-refractivity contribution in [2.24, 2.45) is 5.73 Å². The van der Waals surface area contributed by atoms with E-state index in [0.29, 0.717) is 6.61 Å². The largest absolute Gasteiger partial charge is 0.377 e. The van der Waals surface area contributed by atoms with E-state index in [9.17, 15) is 0 Å². The van der Waals surface area contributed by atoms with Crippen molar-refractivity contribution in [1.29, 1.82) is 0 Å². The van der Waals surface area contributed by atoms with Crippen LogP contribution in [0, 0.1) is 0 Å². The van der Waals surface area contributed by atoms with Gasteiger partial charge in [0.25, 0.3) is 0 Å². The van der Waals surface area contributed by atoms with Crippen molar-refractivity contribution in [2.45, 2.75) is 25.8 Å². The molecule has 4 heteroatoms. The zero-order chi connectivity index (χ0) is 13.5. The molecule has 0 saturated carbocycles. The average molecular weight is 257 g/mol. The lowest BCUT2D eigenvalue weighted by atomic mass is 10.1. The summed E-state index contributed by atoms with van der Waals surface area (Å²) in [6.07, 6.45) is 5.05.